The predicted octanol–water partition coefficient (Wildman–Crippen LogP) is 9.20. The molecule has 0 aliphatic carbocycles. The minimum absolute atomic E-state index is 0.00618. The molecule has 5 aromatic rings. The molecule has 5 rings (SSSR count). The number of ether oxygens (including phenoxy) is 1. The van der Waals surface area contributed by atoms with Crippen molar-refractivity contribution in [3.8, 4) is 28.0 Å². The van der Waals surface area contributed by atoms with E-state index in [-0.39, 0.29) is 40.6 Å². The van der Waals surface area contributed by atoms with E-state index in [1.54, 1.807) is 48.5 Å². The number of benzene rings is 4. The van der Waals surface area contributed by atoms with Crippen molar-refractivity contribution in [1.29, 1.82) is 0 Å². The van der Waals surface area contributed by atoms with Gasteiger partial charge in [0, 0.05) is 29.1 Å². The third-order valence-corrected chi connectivity index (χ3v) is 6.90. The van der Waals surface area contributed by atoms with Crippen molar-refractivity contribution >= 4 is 16.9 Å². The fourth-order valence-electron chi connectivity index (χ4n) is 4.89. The highest BCUT2D eigenvalue weighted by atomic mass is 19.4. The molecule has 0 aliphatic heterocycles. The molecule has 4 aromatic carbocycles. The number of fused-ring (bicyclic) bond motifs is 1. The Morgan fingerprint density at radius 2 is 1.40 bits per heavy atom. The van der Waals surface area contributed by atoms with Crippen LogP contribution < -0.4 is 4.74 Å². The quantitative estimate of drug-likeness (QED) is 0.182. The van der Waals surface area contributed by atoms with Crippen LogP contribution in [0.15, 0.2) is 97.2 Å². The monoisotopic (exact) mass is 595 g/mol. The maximum Gasteiger partial charge on any atom is 0.418 e. The summed E-state index contributed by atoms with van der Waals surface area (Å²) in [5, 5.41) is 8.90. The van der Waals surface area contributed by atoms with Gasteiger partial charge in [0.1, 0.15) is 12.4 Å². The van der Waals surface area contributed by atoms with Crippen molar-refractivity contribution in [2.75, 3.05) is 0 Å². The summed E-state index contributed by atoms with van der Waals surface area (Å²) in [5.74, 6) is -0.548. The molecule has 0 amide bonds. The lowest BCUT2D eigenvalue weighted by Gasteiger charge is -2.19. The predicted molar refractivity (Wildman–Crippen MR) is 149 cm³/mol. The van der Waals surface area contributed by atoms with Crippen molar-refractivity contribution in [2.45, 2.75) is 31.8 Å². The van der Waals surface area contributed by atoms with Crippen LogP contribution in [0.3, 0.4) is 0 Å². The van der Waals surface area contributed by atoms with Gasteiger partial charge >= 0.3 is 18.3 Å². The first-order valence-electron chi connectivity index (χ1n) is 13.1. The van der Waals surface area contributed by atoms with Crippen molar-refractivity contribution in [3.63, 3.8) is 0 Å². The zero-order chi connectivity index (χ0) is 30.8. The van der Waals surface area contributed by atoms with E-state index < -0.39 is 29.4 Å². The number of carbonyl (C=O) groups is 1. The highest BCUT2D eigenvalue weighted by molar-refractivity contribution is 6.03. The summed E-state index contributed by atoms with van der Waals surface area (Å²) >= 11 is 0. The lowest BCUT2D eigenvalue weighted by atomic mass is 9.89. The minimum Gasteiger partial charge on any atom is -0.489 e. The molecule has 0 atom stereocenters. The molecule has 0 unspecified atom stereocenters. The second kappa shape index (κ2) is 11.8. The smallest absolute Gasteiger partial charge is 0.418 e. The molecule has 0 saturated carbocycles. The van der Waals surface area contributed by atoms with Crippen molar-refractivity contribution < 1.29 is 41.0 Å². The van der Waals surface area contributed by atoms with Gasteiger partial charge in [-0.1, -0.05) is 66.7 Å². The van der Waals surface area contributed by atoms with E-state index in [0.717, 1.165) is 29.5 Å². The largest absolute Gasteiger partial charge is 0.489 e. The molecular formula is C33H23F6NO3. The summed E-state index contributed by atoms with van der Waals surface area (Å²) in [6.45, 7) is 0.127. The van der Waals surface area contributed by atoms with Gasteiger partial charge in [-0.15, -0.1) is 0 Å². The van der Waals surface area contributed by atoms with E-state index in [4.69, 9.17) is 9.84 Å². The topological polar surface area (TPSA) is 59.4 Å². The molecule has 1 heterocycles. The minimum atomic E-state index is -4.73. The van der Waals surface area contributed by atoms with Crippen LogP contribution in [0.25, 0.3) is 33.2 Å². The van der Waals surface area contributed by atoms with Gasteiger partial charge in [0.15, 0.2) is 0 Å². The molecule has 43 heavy (non-hydrogen) atoms. The van der Waals surface area contributed by atoms with Gasteiger partial charge in [-0.3, -0.25) is 9.78 Å². The van der Waals surface area contributed by atoms with Gasteiger partial charge in [0.25, 0.3) is 0 Å². The van der Waals surface area contributed by atoms with Crippen LogP contribution in [0.4, 0.5) is 26.3 Å². The van der Waals surface area contributed by atoms with E-state index in [1.165, 1.54) is 30.3 Å². The summed E-state index contributed by atoms with van der Waals surface area (Å²) in [5.41, 5.74) is -0.380. The number of carboxylic acid groups (broad SMARTS) is 1. The van der Waals surface area contributed by atoms with Crippen molar-refractivity contribution in [2.24, 2.45) is 0 Å². The van der Waals surface area contributed by atoms with Crippen LogP contribution >= 0.6 is 0 Å². The van der Waals surface area contributed by atoms with Gasteiger partial charge in [-0.25, -0.2) is 0 Å². The SMILES string of the molecule is O=C(O)CCc1ccc(COc2cccc(-c3c(-c4ccccc4C(F)(F)F)cnc4c(C(F)(F)F)cccc34)c2)cc1. The number of pyridine rings is 1. The average Bonchev–Trinajstić information content (AvgIpc) is 2.98. The molecule has 0 radical (unpaired) electrons. The highest BCUT2D eigenvalue weighted by Crippen LogP contribution is 2.45. The Bertz CT molecular complexity index is 1780. The van der Waals surface area contributed by atoms with Crippen molar-refractivity contribution in [1.82, 2.24) is 4.98 Å². The number of carboxylic acids is 1. The molecule has 1 N–H and O–H groups in total. The van der Waals surface area contributed by atoms with E-state index in [1.807, 2.05) is 0 Å². The van der Waals surface area contributed by atoms with E-state index in [0.29, 0.717) is 17.7 Å². The Morgan fingerprint density at radius 3 is 2.09 bits per heavy atom. The fourth-order valence-corrected chi connectivity index (χ4v) is 4.89. The van der Waals surface area contributed by atoms with Gasteiger partial charge in [0.2, 0.25) is 0 Å². The molecule has 10 heteroatoms. The number of hydrogen-bond donors (Lipinski definition) is 1. The number of rotatable bonds is 8. The number of nitrogens with zero attached hydrogens (tertiary/aromatic N) is 1. The Hall–Kier alpha value is -4.86. The summed E-state index contributed by atoms with van der Waals surface area (Å²) in [6, 6.07) is 21.9. The lowest BCUT2D eigenvalue weighted by molar-refractivity contribution is -0.137. The first-order chi connectivity index (χ1) is 20.4. The second-order valence-corrected chi connectivity index (χ2v) is 9.82. The van der Waals surface area contributed by atoms with E-state index in [9.17, 15) is 31.1 Å². The molecule has 0 saturated heterocycles. The number of aromatic nitrogens is 1. The summed E-state index contributed by atoms with van der Waals surface area (Å²) in [6.07, 6.45) is -8.01. The highest BCUT2D eigenvalue weighted by Gasteiger charge is 2.36. The number of para-hydroxylation sites is 1. The number of halogens is 6. The normalized spacial score (nSPS) is 12.0. The Morgan fingerprint density at radius 1 is 0.744 bits per heavy atom. The number of aryl methyl sites for hydroxylation is 1. The summed E-state index contributed by atoms with van der Waals surface area (Å²) in [7, 11) is 0. The molecule has 220 valence electrons. The molecule has 0 spiro atoms. The van der Waals surface area contributed by atoms with E-state index in [2.05, 4.69) is 4.98 Å². The Balaban J connectivity index is 1.58. The van der Waals surface area contributed by atoms with Crippen LogP contribution in [0.2, 0.25) is 0 Å². The molecule has 0 aliphatic rings. The maximum atomic E-state index is 14.0. The first-order valence-corrected chi connectivity index (χ1v) is 13.1. The summed E-state index contributed by atoms with van der Waals surface area (Å²) < 4.78 is 89.7. The zero-order valence-corrected chi connectivity index (χ0v) is 22.3. The van der Waals surface area contributed by atoms with Crippen LogP contribution in [0.5, 0.6) is 5.75 Å². The standard InChI is InChI=1S/C33H23F6NO3/c34-32(35,36)27-9-2-1-7-24(27)26-18-40-31-25(8-4-10-28(31)33(37,38)39)30(26)22-5-3-6-23(17-22)43-19-21-13-11-20(12-14-21)15-16-29(41)42/h1-14,17-18H,15-16,19H2,(H,41,42). The van der Waals surface area contributed by atoms with Crippen LogP contribution in [0, 0.1) is 0 Å². The average molecular weight is 596 g/mol. The second-order valence-electron chi connectivity index (χ2n) is 9.82. The Labute approximate surface area is 242 Å². The Kier molecular flexibility index (Phi) is 8.12. The summed E-state index contributed by atoms with van der Waals surface area (Å²) in [4.78, 5) is 14.8. The number of hydrogen-bond acceptors (Lipinski definition) is 3. The van der Waals surface area contributed by atoms with Crippen LogP contribution in [-0.4, -0.2) is 16.1 Å². The number of alkyl halides is 6. The third kappa shape index (κ3) is 6.63. The van der Waals surface area contributed by atoms with Crippen LogP contribution in [0.1, 0.15) is 28.7 Å². The fraction of sp³-hybridized carbons (Fsp3) is 0.152. The molecule has 4 nitrogen and oxygen atoms in total. The van der Waals surface area contributed by atoms with E-state index >= 15 is 0 Å². The van der Waals surface area contributed by atoms with Gasteiger partial charge in [-0.2, -0.15) is 26.3 Å². The van der Waals surface area contributed by atoms with Gasteiger partial charge < -0.3 is 9.84 Å². The van der Waals surface area contributed by atoms with Gasteiger partial charge in [0.05, 0.1) is 16.6 Å². The molecular weight excluding hydrogens is 572 g/mol. The third-order valence-electron chi connectivity index (χ3n) is 6.90. The van der Waals surface area contributed by atoms with Crippen molar-refractivity contribution in [3.05, 3.63) is 119 Å². The van der Waals surface area contributed by atoms with Crippen LogP contribution in [-0.2, 0) is 30.2 Å². The number of aliphatic carboxylic acids is 1. The van der Waals surface area contributed by atoms with Gasteiger partial charge in [-0.05, 0) is 52.9 Å². The lowest BCUT2D eigenvalue weighted by Crippen LogP contribution is -2.09. The molecule has 0 fully saturated rings. The maximum absolute atomic E-state index is 14.0. The zero-order valence-electron chi connectivity index (χ0n) is 22.3. The first kappa shape index (κ1) is 29.6. The molecule has 0 bridgehead atoms. The molecule has 1 aromatic heterocycles.